The smallest absolute Gasteiger partial charge is 0.252 e. The number of nitrogens with two attached hydrogens (primary N) is 1. The highest BCUT2D eigenvalue weighted by molar-refractivity contribution is 5.75. The summed E-state index contributed by atoms with van der Waals surface area (Å²) in [5.41, 5.74) is 6.64. The summed E-state index contributed by atoms with van der Waals surface area (Å²) >= 11 is 0. The highest BCUT2D eigenvalue weighted by atomic mass is 19.1. The van der Waals surface area contributed by atoms with Gasteiger partial charge >= 0.3 is 0 Å². The van der Waals surface area contributed by atoms with E-state index >= 15 is 0 Å². The first kappa shape index (κ1) is 16.3. The van der Waals surface area contributed by atoms with E-state index in [4.69, 9.17) is 10.5 Å². The molecule has 0 saturated carbocycles. The predicted molar refractivity (Wildman–Crippen MR) is 82.5 cm³/mol. The van der Waals surface area contributed by atoms with Crippen molar-refractivity contribution in [2.45, 2.75) is 19.4 Å². The Morgan fingerprint density at radius 2 is 1.79 bits per heavy atom. The van der Waals surface area contributed by atoms with Gasteiger partial charge in [0.1, 0.15) is 23.0 Å². The molecule has 126 valence electrons. The summed E-state index contributed by atoms with van der Waals surface area (Å²) in [4.78, 5) is 8.36. The van der Waals surface area contributed by atoms with Crippen LogP contribution in [0.1, 0.15) is 25.2 Å². The second-order valence-corrected chi connectivity index (χ2v) is 5.27. The fraction of sp³-hybridized carbons (Fsp3) is 0.250. The third kappa shape index (κ3) is 2.69. The Morgan fingerprint density at radius 1 is 1.12 bits per heavy atom. The summed E-state index contributed by atoms with van der Waals surface area (Å²) in [5, 5.41) is 0. The van der Waals surface area contributed by atoms with Crippen molar-refractivity contribution in [2.75, 3.05) is 7.11 Å². The van der Waals surface area contributed by atoms with Crippen LogP contribution in [0.5, 0.6) is 5.88 Å². The molecule has 1 atom stereocenters. The third-order valence-corrected chi connectivity index (χ3v) is 3.65. The molecule has 8 heteroatoms. The molecular formula is C16H15F3N4O. The topological polar surface area (TPSA) is 66.0 Å². The highest BCUT2D eigenvalue weighted by Gasteiger charge is 2.21. The monoisotopic (exact) mass is 336 g/mol. The lowest BCUT2D eigenvalue weighted by Crippen LogP contribution is -2.15. The number of nitrogens with zero attached hydrogens (tertiary/aromatic N) is 3. The van der Waals surface area contributed by atoms with Crippen molar-refractivity contribution in [1.29, 1.82) is 0 Å². The first-order valence-electron chi connectivity index (χ1n) is 7.29. The second kappa shape index (κ2) is 6.12. The molecule has 0 radical (unpaired) electrons. The SMILES string of the molecule is CCC(N)c1nc2cc(F)c(OC)nc2n1-c1cc(F)cc(F)c1. The molecule has 2 aromatic heterocycles. The fourth-order valence-corrected chi connectivity index (χ4v) is 2.48. The first-order valence-corrected chi connectivity index (χ1v) is 7.29. The quantitative estimate of drug-likeness (QED) is 0.794. The summed E-state index contributed by atoms with van der Waals surface area (Å²) in [5.74, 6) is -2.10. The van der Waals surface area contributed by atoms with Gasteiger partial charge in [-0.1, -0.05) is 6.92 Å². The van der Waals surface area contributed by atoms with Crippen LogP contribution in [0.15, 0.2) is 24.3 Å². The number of fused-ring (bicyclic) bond motifs is 1. The number of methoxy groups -OCH3 is 1. The van der Waals surface area contributed by atoms with E-state index in [1.165, 1.54) is 11.7 Å². The number of pyridine rings is 1. The Hall–Kier alpha value is -2.61. The molecule has 0 aliphatic heterocycles. The zero-order chi connectivity index (χ0) is 17.4. The summed E-state index contributed by atoms with van der Waals surface area (Å²) in [6, 6.07) is 3.66. The second-order valence-electron chi connectivity index (χ2n) is 5.27. The normalized spacial score (nSPS) is 12.6. The van der Waals surface area contributed by atoms with Crippen LogP contribution in [-0.2, 0) is 0 Å². The van der Waals surface area contributed by atoms with E-state index in [2.05, 4.69) is 9.97 Å². The van der Waals surface area contributed by atoms with Crippen molar-refractivity contribution in [1.82, 2.24) is 14.5 Å². The molecule has 0 aliphatic rings. The van der Waals surface area contributed by atoms with Crippen molar-refractivity contribution in [3.05, 3.63) is 47.5 Å². The van der Waals surface area contributed by atoms with Gasteiger partial charge in [0.15, 0.2) is 11.5 Å². The van der Waals surface area contributed by atoms with Gasteiger partial charge in [-0.2, -0.15) is 4.98 Å². The number of halogens is 3. The fourth-order valence-electron chi connectivity index (χ4n) is 2.48. The first-order chi connectivity index (χ1) is 11.4. The van der Waals surface area contributed by atoms with Crippen LogP contribution < -0.4 is 10.5 Å². The number of aromatic nitrogens is 3. The van der Waals surface area contributed by atoms with E-state index in [0.717, 1.165) is 24.3 Å². The number of hydrogen-bond donors (Lipinski definition) is 1. The van der Waals surface area contributed by atoms with Crippen LogP contribution in [0, 0.1) is 17.5 Å². The van der Waals surface area contributed by atoms with E-state index in [1.54, 1.807) is 0 Å². The Kier molecular flexibility index (Phi) is 4.15. The Bertz CT molecular complexity index is 890. The zero-order valence-electron chi connectivity index (χ0n) is 13.1. The number of benzene rings is 1. The molecule has 0 spiro atoms. The van der Waals surface area contributed by atoms with Gasteiger partial charge in [-0.3, -0.25) is 4.57 Å². The van der Waals surface area contributed by atoms with Crippen molar-refractivity contribution >= 4 is 11.2 Å². The van der Waals surface area contributed by atoms with E-state index in [9.17, 15) is 13.2 Å². The summed E-state index contributed by atoms with van der Waals surface area (Å²) in [6.07, 6.45) is 0.529. The maximum atomic E-state index is 13.9. The highest BCUT2D eigenvalue weighted by Crippen LogP contribution is 2.28. The Morgan fingerprint density at radius 3 is 2.38 bits per heavy atom. The van der Waals surface area contributed by atoms with Gasteiger partial charge < -0.3 is 10.5 Å². The predicted octanol–water partition coefficient (Wildman–Crippen LogP) is 3.26. The lowest BCUT2D eigenvalue weighted by molar-refractivity contribution is 0.371. The third-order valence-electron chi connectivity index (χ3n) is 3.65. The van der Waals surface area contributed by atoms with E-state index in [-0.39, 0.29) is 22.7 Å². The molecule has 5 nitrogen and oxygen atoms in total. The maximum absolute atomic E-state index is 13.9. The lowest BCUT2D eigenvalue weighted by atomic mass is 10.2. The Labute approximate surface area is 135 Å². The van der Waals surface area contributed by atoms with Crippen LogP contribution in [0.3, 0.4) is 0 Å². The summed E-state index contributed by atoms with van der Waals surface area (Å²) < 4.78 is 47.5. The van der Waals surface area contributed by atoms with E-state index in [1.807, 2.05) is 6.92 Å². The van der Waals surface area contributed by atoms with Crippen LogP contribution in [0.4, 0.5) is 13.2 Å². The van der Waals surface area contributed by atoms with Crippen molar-refractivity contribution in [3.63, 3.8) is 0 Å². The number of ether oxygens (including phenoxy) is 1. The number of rotatable bonds is 4. The molecule has 2 heterocycles. The van der Waals surface area contributed by atoms with Crippen LogP contribution in [0.2, 0.25) is 0 Å². The average Bonchev–Trinajstić information content (AvgIpc) is 2.90. The van der Waals surface area contributed by atoms with Gasteiger partial charge in [0.25, 0.3) is 5.88 Å². The minimum absolute atomic E-state index is 0.162. The molecule has 0 saturated heterocycles. The van der Waals surface area contributed by atoms with Gasteiger partial charge in [0, 0.05) is 12.1 Å². The molecule has 0 fully saturated rings. The molecule has 0 bridgehead atoms. The zero-order valence-corrected chi connectivity index (χ0v) is 13.1. The van der Waals surface area contributed by atoms with Gasteiger partial charge in [-0.15, -0.1) is 0 Å². The molecule has 0 aliphatic carbocycles. The molecule has 3 rings (SSSR count). The molecule has 2 N–H and O–H groups in total. The molecule has 1 unspecified atom stereocenters. The maximum Gasteiger partial charge on any atom is 0.252 e. The summed E-state index contributed by atoms with van der Waals surface area (Å²) in [6.45, 7) is 1.84. The lowest BCUT2D eigenvalue weighted by Gasteiger charge is -2.13. The van der Waals surface area contributed by atoms with Crippen LogP contribution in [0.25, 0.3) is 16.9 Å². The Balaban J connectivity index is 2.37. The molecular weight excluding hydrogens is 321 g/mol. The van der Waals surface area contributed by atoms with E-state index < -0.39 is 23.5 Å². The van der Waals surface area contributed by atoms with Crippen molar-refractivity contribution < 1.29 is 17.9 Å². The molecule has 24 heavy (non-hydrogen) atoms. The van der Waals surface area contributed by atoms with Crippen molar-refractivity contribution in [3.8, 4) is 11.6 Å². The van der Waals surface area contributed by atoms with Gasteiger partial charge in [0.05, 0.1) is 18.8 Å². The van der Waals surface area contributed by atoms with Gasteiger partial charge in [0.2, 0.25) is 0 Å². The molecule has 1 aromatic carbocycles. The minimum Gasteiger partial charge on any atom is -0.479 e. The largest absolute Gasteiger partial charge is 0.479 e. The standard InChI is InChI=1S/C16H15F3N4O/c1-3-12(20)14-21-13-7-11(19)16(24-2)22-15(13)23(14)10-5-8(17)4-9(18)6-10/h4-7,12H,3,20H2,1-2H3. The summed E-state index contributed by atoms with van der Waals surface area (Å²) in [7, 11) is 1.28. The number of imidazole rings is 1. The number of hydrogen-bond acceptors (Lipinski definition) is 4. The van der Waals surface area contributed by atoms with Gasteiger partial charge in [-0.25, -0.2) is 18.2 Å². The van der Waals surface area contributed by atoms with E-state index in [0.29, 0.717) is 12.2 Å². The van der Waals surface area contributed by atoms with Crippen molar-refractivity contribution in [2.24, 2.45) is 5.73 Å². The minimum atomic E-state index is -0.753. The average molecular weight is 336 g/mol. The van der Waals surface area contributed by atoms with Crippen LogP contribution >= 0.6 is 0 Å². The van der Waals surface area contributed by atoms with Crippen LogP contribution in [-0.4, -0.2) is 21.6 Å². The molecule has 3 aromatic rings. The molecule has 0 amide bonds. The van der Waals surface area contributed by atoms with Gasteiger partial charge in [-0.05, 0) is 18.6 Å².